The molecule has 0 radical (unpaired) electrons. The van der Waals surface area contributed by atoms with Gasteiger partial charge in [0.15, 0.2) is 11.2 Å². The van der Waals surface area contributed by atoms with Gasteiger partial charge in [0.2, 0.25) is 0 Å². The zero-order valence-corrected chi connectivity index (χ0v) is 49.6. The molecule has 0 bridgehead atoms. The van der Waals surface area contributed by atoms with Crippen molar-refractivity contribution in [2.24, 2.45) is 0 Å². The van der Waals surface area contributed by atoms with Crippen molar-refractivity contribution in [2.45, 2.75) is 84.5 Å². The number of para-hydroxylation sites is 4. The van der Waals surface area contributed by atoms with Gasteiger partial charge in [-0.05, 0) is 139 Å². The van der Waals surface area contributed by atoms with Crippen LogP contribution in [0.2, 0.25) is 0 Å². The summed E-state index contributed by atoms with van der Waals surface area (Å²) >= 11 is 0. The number of benzene rings is 12. The van der Waals surface area contributed by atoms with Gasteiger partial charge in [-0.3, -0.25) is 0 Å². The fraction of sp³-hybridized carbons (Fsp3) is 0.160. The lowest BCUT2D eigenvalue weighted by Gasteiger charge is -2.36. The lowest BCUT2D eigenvalue weighted by molar-refractivity contribution is 0.657. The van der Waals surface area contributed by atoms with Crippen molar-refractivity contribution in [1.29, 1.82) is 0 Å². The zero-order valence-electron chi connectivity index (χ0n) is 49.6. The molecule has 0 saturated heterocycles. The largest absolute Gasteiger partial charge is 0.454 e. The average Bonchev–Trinajstić information content (AvgIpc) is 2.92. The molecule has 14 aromatic rings. The van der Waals surface area contributed by atoms with E-state index in [0.29, 0.717) is 11.8 Å². The van der Waals surface area contributed by atoms with Crippen molar-refractivity contribution in [3.8, 4) is 11.1 Å². The Labute approximate surface area is 498 Å². The second-order valence-electron chi connectivity index (χ2n) is 24.6. The molecule has 0 unspecified atom stereocenters. The van der Waals surface area contributed by atoms with Crippen LogP contribution in [0.5, 0.6) is 0 Å². The summed E-state index contributed by atoms with van der Waals surface area (Å²) in [6.07, 6.45) is 0. The van der Waals surface area contributed by atoms with Gasteiger partial charge in [-0.2, -0.15) is 0 Å². The molecule has 0 atom stereocenters. The topological polar surface area (TPSA) is 32.8 Å². The Balaban J connectivity index is 1.08. The first-order valence-electron chi connectivity index (χ1n) is 30.4. The molecular formula is C81H68N2O2. The second-order valence-corrected chi connectivity index (χ2v) is 24.6. The molecule has 15 rings (SSSR count). The molecule has 0 amide bonds. The zero-order chi connectivity index (χ0) is 57.8. The third-order valence-electron chi connectivity index (χ3n) is 18.4. The molecule has 12 aromatic carbocycles. The molecular weight excluding hydrogens is 1030 g/mol. The minimum atomic E-state index is -0.833. The maximum absolute atomic E-state index is 7.28. The van der Waals surface area contributed by atoms with Crippen LogP contribution in [0.3, 0.4) is 0 Å². The molecule has 0 aliphatic heterocycles. The van der Waals surface area contributed by atoms with Crippen LogP contribution in [0.15, 0.2) is 251 Å². The average molecular weight is 1100 g/mol. The Bertz CT molecular complexity index is 4580. The molecule has 4 heteroatoms. The van der Waals surface area contributed by atoms with Crippen molar-refractivity contribution >= 4 is 99.5 Å². The Morgan fingerprint density at radius 1 is 0.282 bits per heavy atom. The molecule has 1 aliphatic rings. The van der Waals surface area contributed by atoms with E-state index in [4.69, 9.17) is 8.83 Å². The first-order chi connectivity index (χ1) is 41.5. The summed E-state index contributed by atoms with van der Waals surface area (Å²) in [6.45, 7) is 18.1. The van der Waals surface area contributed by atoms with Gasteiger partial charge in [-0.25, -0.2) is 0 Å². The fourth-order valence-electron chi connectivity index (χ4n) is 14.3. The maximum Gasteiger partial charge on any atom is 0.159 e. The van der Waals surface area contributed by atoms with Crippen LogP contribution in [0.1, 0.15) is 124 Å². The lowest BCUT2D eigenvalue weighted by atomic mass is 9.67. The SMILES string of the molecule is CC(C)c1ccc(N(c2cc3c(c4ccccc24)-c2c(cc(N(c4ccc(C(C)C)cc4)c4cccc5c4oc4c(C(C)C)cccc45)c4ccccc24)C3(c2ccccc2)c2ccccc2)c2cccc3c2oc2c(C(C)C)cccc23)cc1. The van der Waals surface area contributed by atoms with Gasteiger partial charge >= 0.3 is 0 Å². The highest BCUT2D eigenvalue weighted by Gasteiger charge is 2.49. The predicted molar refractivity (Wildman–Crippen MR) is 359 cm³/mol. The molecule has 414 valence electrons. The Kier molecular flexibility index (Phi) is 12.5. The molecule has 85 heavy (non-hydrogen) atoms. The van der Waals surface area contributed by atoms with Crippen LogP contribution in [-0.4, -0.2) is 0 Å². The number of hydrogen-bond acceptors (Lipinski definition) is 4. The molecule has 1 aliphatic carbocycles. The number of hydrogen-bond donors (Lipinski definition) is 0. The molecule has 2 heterocycles. The Hall–Kier alpha value is -9.64. The number of rotatable bonds is 12. The highest BCUT2D eigenvalue weighted by atomic mass is 16.3. The van der Waals surface area contributed by atoms with Crippen molar-refractivity contribution in [2.75, 3.05) is 9.80 Å². The normalized spacial score (nSPS) is 13.0. The summed E-state index contributed by atoms with van der Waals surface area (Å²) in [6, 6.07) is 91.0. The van der Waals surface area contributed by atoms with E-state index in [9.17, 15) is 0 Å². The van der Waals surface area contributed by atoms with Crippen LogP contribution in [-0.2, 0) is 5.41 Å². The summed E-state index contributed by atoms with van der Waals surface area (Å²) in [5, 5.41) is 9.10. The van der Waals surface area contributed by atoms with Gasteiger partial charge in [-0.1, -0.05) is 250 Å². The first kappa shape index (κ1) is 52.2. The van der Waals surface area contributed by atoms with Crippen LogP contribution in [0.4, 0.5) is 34.1 Å². The van der Waals surface area contributed by atoms with Gasteiger partial charge in [0, 0.05) is 43.7 Å². The molecule has 0 saturated carbocycles. The van der Waals surface area contributed by atoms with E-state index < -0.39 is 5.41 Å². The Morgan fingerprint density at radius 3 is 0.976 bits per heavy atom. The smallest absolute Gasteiger partial charge is 0.159 e. The van der Waals surface area contributed by atoms with E-state index in [1.807, 2.05) is 0 Å². The number of furan rings is 2. The molecule has 0 N–H and O–H groups in total. The third-order valence-corrected chi connectivity index (χ3v) is 18.4. The fourth-order valence-corrected chi connectivity index (χ4v) is 14.3. The molecule has 4 nitrogen and oxygen atoms in total. The summed E-state index contributed by atoms with van der Waals surface area (Å²) in [5.74, 6) is 1.30. The Morgan fingerprint density at radius 2 is 0.612 bits per heavy atom. The highest BCUT2D eigenvalue weighted by Crippen LogP contribution is 2.63. The van der Waals surface area contributed by atoms with Crippen molar-refractivity contribution in [3.05, 3.63) is 287 Å². The van der Waals surface area contributed by atoms with Gasteiger partial charge in [0.05, 0.1) is 28.2 Å². The monoisotopic (exact) mass is 1100 g/mol. The minimum absolute atomic E-state index is 0.282. The first-order valence-corrected chi connectivity index (χ1v) is 30.4. The van der Waals surface area contributed by atoms with E-state index >= 15 is 0 Å². The molecule has 0 fully saturated rings. The predicted octanol–water partition coefficient (Wildman–Crippen LogP) is 23.6. The number of nitrogens with zero attached hydrogens (tertiary/aromatic N) is 2. The summed E-state index contributed by atoms with van der Waals surface area (Å²) < 4.78 is 14.6. The van der Waals surface area contributed by atoms with Crippen molar-refractivity contribution in [3.63, 3.8) is 0 Å². The standard InChI is InChI=1S/C81H68N2O2/c1-49(2)53-39-43-57(44-40-53)82(71-37-21-35-67-65-33-19-31-59(51(5)6)77(65)84-79(67)71)73-47-69-75(63-29-17-15-27-61(63)73)76-64-30-18-16-28-62(64)74(48-70(76)81(69,55-23-11-9-12-24-55)56-25-13-10-14-26-56)83(58-45-41-54(42-46-58)50(3)4)72-38-22-36-68-66-34-20-32-60(52(7)8)78(66)85-80(68)72/h9-52H,1-8H3. The minimum Gasteiger partial charge on any atom is -0.454 e. The molecule has 2 aromatic heterocycles. The van der Waals surface area contributed by atoms with Crippen molar-refractivity contribution in [1.82, 2.24) is 0 Å². The van der Waals surface area contributed by atoms with E-state index in [1.54, 1.807) is 0 Å². The molecule has 0 spiro atoms. The van der Waals surface area contributed by atoms with Crippen LogP contribution in [0.25, 0.3) is 76.5 Å². The van der Waals surface area contributed by atoms with E-state index in [2.05, 4.69) is 308 Å². The summed E-state index contributed by atoms with van der Waals surface area (Å²) in [5.41, 5.74) is 21.3. The summed E-state index contributed by atoms with van der Waals surface area (Å²) in [7, 11) is 0. The number of anilines is 6. The second kappa shape index (κ2) is 20.3. The lowest BCUT2D eigenvalue weighted by Crippen LogP contribution is -2.29. The summed E-state index contributed by atoms with van der Waals surface area (Å²) in [4.78, 5) is 4.97. The van der Waals surface area contributed by atoms with Gasteiger partial charge in [0.1, 0.15) is 11.2 Å². The van der Waals surface area contributed by atoms with E-state index in [-0.39, 0.29) is 11.8 Å². The van der Waals surface area contributed by atoms with Crippen LogP contribution < -0.4 is 9.80 Å². The van der Waals surface area contributed by atoms with Crippen LogP contribution in [0, 0.1) is 0 Å². The van der Waals surface area contributed by atoms with Crippen molar-refractivity contribution < 1.29 is 8.83 Å². The van der Waals surface area contributed by atoms with Gasteiger partial charge in [0.25, 0.3) is 0 Å². The number of fused-ring (bicyclic) bond motifs is 13. The third kappa shape index (κ3) is 8.02. The van der Waals surface area contributed by atoms with E-state index in [1.165, 1.54) is 66.4 Å². The van der Waals surface area contributed by atoms with E-state index in [0.717, 1.165) is 88.8 Å². The highest BCUT2D eigenvalue weighted by molar-refractivity contribution is 6.20. The quantitative estimate of drug-likeness (QED) is 0.122. The van der Waals surface area contributed by atoms with Gasteiger partial charge in [-0.15, -0.1) is 0 Å². The maximum atomic E-state index is 7.28. The van der Waals surface area contributed by atoms with Crippen LogP contribution >= 0.6 is 0 Å². The van der Waals surface area contributed by atoms with Gasteiger partial charge < -0.3 is 18.6 Å².